The molecule has 0 aromatic heterocycles. The summed E-state index contributed by atoms with van der Waals surface area (Å²) >= 11 is 0. The van der Waals surface area contributed by atoms with E-state index in [1.54, 1.807) is 0 Å². The van der Waals surface area contributed by atoms with Gasteiger partial charge in [-0.2, -0.15) is 0 Å². The first kappa shape index (κ1) is 17.2. The molecule has 2 nitrogen and oxygen atoms in total. The van der Waals surface area contributed by atoms with E-state index >= 15 is 0 Å². The molecule has 1 rings (SSSR count). The smallest absolute Gasteiger partial charge is 0.0646 e. The number of aliphatic hydroxyl groups is 2. The van der Waals surface area contributed by atoms with Gasteiger partial charge < -0.3 is 10.2 Å². The van der Waals surface area contributed by atoms with Gasteiger partial charge in [-0.25, -0.2) is 0 Å². The predicted molar refractivity (Wildman–Crippen MR) is 85.0 cm³/mol. The van der Waals surface area contributed by atoms with E-state index in [1.165, 1.54) is 16.7 Å². The largest absolute Gasteiger partial charge is 0.396 e. The monoisotopic (exact) mass is 278 g/mol. The van der Waals surface area contributed by atoms with Crippen molar-refractivity contribution in [3.63, 3.8) is 0 Å². The van der Waals surface area contributed by atoms with E-state index in [2.05, 4.69) is 52.8 Å². The van der Waals surface area contributed by atoms with Crippen LogP contribution in [0.4, 0.5) is 0 Å². The van der Waals surface area contributed by atoms with Crippen LogP contribution in [0.5, 0.6) is 0 Å². The molecule has 0 amide bonds. The molecule has 2 heteroatoms. The second kappa shape index (κ2) is 5.87. The van der Waals surface area contributed by atoms with Crippen LogP contribution in [0.2, 0.25) is 0 Å². The van der Waals surface area contributed by atoms with Gasteiger partial charge in [-0.05, 0) is 41.9 Å². The Morgan fingerprint density at radius 2 is 1.60 bits per heavy atom. The minimum absolute atomic E-state index is 0.0124. The van der Waals surface area contributed by atoms with E-state index in [0.29, 0.717) is 0 Å². The molecule has 2 atom stereocenters. The SMILES string of the molecule is Cc1ccc(C(C)(C)C(C)C(O)C(C)(C)CO)cc1C. The maximum Gasteiger partial charge on any atom is 0.0646 e. The fraction of sp³-hybridized carbons (Fsp3) is 0.667. The molecule has 0 heterocycles. The Balaban J connectivity index is 3.11. The van der Waals surface area contributed by atoms with Crippen molar-refractivity contribution in [1.82, 2.24) is 0 Å². The molecule has 0 radical (unpaired) electrons. The molecule has 2 unspecified atom stereocenters. The van der Waals surface area contributed by atoms with Crippen LogP contribution in [0.25, 0.3) is 0 Å². The quantitative estimate of drug-likeness (QED) is 0.864. The second-order valence-electron chi connectivity index (χ2n) is 7.40. The van der Waals surface area contributed by atoms with Crippen molar-refractivity contribution in [3.05, 3.63) is 34.9 Å². The van der Waals surface area contributed by atoms with Crippen molar-refractivity contribution in [2.75, 3.05) is 6.61 Å². The van der Waals surface area contributed by atoms with Gasteiger partial charge >= 0.3 is 0 Å². The van der Waals surface area contributed by atoms with Crippen LogP contribution >= 0.6 is 0 Å². The van der Waals surface area contributed by atoms with Crippen LogP contribution in [0, 0.1) is 25.2 Å². The summed E-state index contributed by atoms with van der Waals surface area (Å²) < 4.78 is 0. The topological polar surface area (TPSA) is 40.5 Å². The third-order valence-electron chi connectivity index (χ3n) is 5.07. The molecule has 2 N–H and O–H groups in total. The molecule has 1 aromatic carbocycles. The fourth-order valence-electron chi connectivity index (χ4n) is 2.57. The van der Waals surface area contributed by atoms with Crippen LogP contribution in [-0.4, -0.2) is 22.9 Å². The van der Waals surface area contributed by atoms with Gasteiger partial charge in [-0.15, -0.1) is 0 Å². The zero-order valence-corrected chi connectivity index (χ0v) is 14.0. The zero-order chi connectivity index (χ0) is 15.7. The van der Waals surface area contributed by atoms with Gasteiger partial charge in [0.25, 0.3) is 0 Å². The first-order valence-electron chi connectivity index (χ1n) is 7.40. The molecular weight excluding hydrogens is 248 g/mol. The van der Waals surface area contributed by atoms with Crippen molar-refractivity contribution in [3.8, 4) is 0 Å². The van der Waals surface area contributed by atoms with Crippen LogP contribution in [0.3, 0.4) is 0 Å². The van der Waals surface area contributed by atoms with Crippen molar-refractivity contribution in [1.29, 1.82) is 0 Å². The fourth-order valence-corrected chi connectivity index (χ4v) is 2.57. The predicted octanol–water partition coefficient (Wildman–Crippen LogP) is 3.60. The molecular formula is C18H30O2. The average molecular weight is 278 g/mol. The highest BCUT2D eigenvalue weighted by atomic mass is 16.3. The normalized spacial score (nSPS) is 16.1. The molecule has 0 fully saturated rings. The molecule has 0 aliphatic heterocycles. The van der Waals surface area contributed by atoms with E-state index in [1.807, 2.05) is 13.8 Å². The van der Waals surface area contributed by atoms with Crippen molar-refractivity contribution < 1.29 is 10.2 Å². The summed E-state index contributed by atoms with van der Waals surface area (Å²) in [7, 11) is 0. The molecule has 0 bridgehead atoms. The van der Waals surface area contributed by atoms with Crippen LogP contribution < -0.4 is 0 Å². The minimum Gasteiger partial charge on any atom is -0.396 e. The molecule has 0 aliphatic rings. The molecule has 1 aromatic rings. The lowest BCUT2D eigenvalue weighted by atomic mass is 9.66. The van der Waals surface area contributed by atoms with Crippen molar-refractivity contribution in [2.24, 2.45) is 11.3 Å². The van der Waals surface area contributed by atoms with E-state index in [0.717, 1.165) is 0 Å². The van der Waals surface area contributed by atoms with Gasteiger partial charge in [0.2, 0.25) is 0 Å². The maximum absolute atomic E-state index is 10.6. The zero-order valence-electron chi connectivity index (χ0n) is 14.0. The summed E-state index contributed by atoms with van der Waals surface area (Å²) in [6.07, 6.45) is -0.552. The molecule has 0 aliphatic carbocycles. The Morgan fingerprint density at radius 1 is 1.05 bits per heavy atom. The van der Waals surface area contributed by atoms with Crippen LogP contribution in [0.15, 0.2) is 18.2 Å². The Kier molecular flexibility index (Phi) is 5.04. The highest BCUT2D eigenvalue weighted by Gasteiger charge is 2.40. The Labute approximate surface area is 123 Å². The number of hydrogen-bond donors (Lipinski definition) is 2. The first-order valence-corrected chi connectivity index (χ1v) is 7.40. The number of aryl methyl sites for hydroxylation is 2. The summed E-state index contributed by atoms with van der Waals surface area (Å²) in [6.45, 7) is 14.4. The number of hydrogen-bond acceptors (Lipinski definition) is 2. The highest BCUT2D eigenvalue weighted by Crippen LogP contribution is 2.39. The van der Waals surface area contributed by atoms with E-state index in [4.69, 9.17) is 0 Å². The second-order valence-corrected chi connectivity index (χ2v) is 7.40. The van der Waals surface area contributed by atoms with Gasteiger partial charge in [-0.3, -0.25) is 0 Å². The summed E-state index contributed by atoms with van der Waals surface area (Å²) in [5.74, 6) is 0.0479. The summed E-state index contributed by atoms with van der Waals surface area (Å²) in [4.78, 5) is 0. The Bertz CT molecular complexity index is 460. The lowest BCUT2D eigenvalue weighted by molar-refractivity contribution is -0.0433. The van der Waals surface area contributed by atoms with Gasteiger partial charge in [0.15, 0.2) is 0 Å². The van der Waals surface area contributed by atoms with E-state index < -0.39 is 11.5 Å². The first-order chi connectivity index (χ1) is 9.04. The van der Waals surface area contributed by atoms with Crippen LogP contribution in [0.1, 0.15) is 51.3 Å². The third kappa shape index (κ3) is 3.24. The third-order valence-corrected chi connectivity index (χ3v) is 5.07. The number of benzene rings is 1. The van der Waals surface area contributed by atoms with Gasteiger partial charge in [0.05, 0.1) is 12.7 Å². The summed E-state index contributed by atoms with van der Waals surface area (Å²) in [5, 5.41) is 20.1. The maximum atomic E-state index is 10.6. The highest BCUT2D eigenvalue weighted by molar-refractivity contribution is 5.34. The average Bonchev–Trinajstić information content (AvgIpc) is 2.39. The number of aliphatic hydroxyl groups excluding tert-OH is 2. The van der Waals surface area contributed by atoms with Crippen LogP contribution in [-0.2, 0) is 5.41 Å². The lowest BCUT2D eigenvalue weighted by Gasteiger charge is -2.41. The molecule has 20 heavy (non-hydrogen) atoms. The Morgan fingerprint density at radius 3 is 2.05 bits per heavy atom. The standard InChI is InChI=1S/C18H30O2/c1-12-8-9-15(10-13(12)2)18(6,7)14(3)16(20)17(4,5)11-19/h8-10,14,16,19-20H,11H2,1-7H3. The van der Waals surface area contributed by atoms with Gasteiger partial charge in [-0.1, -0.05) is 52.8 Å². The molecule has 0 saturated carbocycles. The van der Waals surface area contributed by atoms with Gasteiger partial charge in [0, 0.05) is 5.41 Å². The van der Waals surface area contributed by atoms with E-state index in [-0.39, 0.29) is 17.9 Å². The van der Waals surface area contributed by atoms with E-state index in [9.17, 15) is 10.2 Å². The minimum atomic E-state index is -0.552. The molecule has 114 valence electrons. The summed E-state index contributed by atoms with van der Waals surface area (Å²) in [5.41, 5.74) is 3.16. The Hall–Kier alpha value is -0.860. The lowest BCUT2D eigenvalue weighted by Crippen LogP contribution is -2.45. The van der Waals surface area contributed by atoms with Crippen molar-refractivity contribution in [2.45, 2.75) is 60.0 Å². The molecule has 0 spiro atoms. The number of rotatable bonds is 5. The summed E-state index contributed by atoms with van der Waals surface area (Å²) in [6, 6.07) is 6.50. The molecule has 0 saturated heterocycles. The van der Waals surface area contributed by atoms with Gasteiger partial charge in [0.1, 0.15) is 0 Å². The van der Waals surface area contributed by atoms with Crippen molar-refractivity contribution >= 4 is 0 Å².